The number of ether oxygens (including phenoxy) is 2. The Balaban J connectivity index is 1.43. The summed E-state index contributed by atoms with van der Waals surface area (Å²) in [6.45, 7) is 8.93. The van der Waals surface area contributed by atoms with Gasteiger partial charge in [-0.15, -0.1) is 0 Å². The first-order valence-electron chi connectivity index (χ1n) is 13.5. The maximum absolute atomic E-state index is 13.7. The van der Waals surface area contributed by atoms with Gasteiger partial charge in [-0.2, -0.15) is 0 Å². The van der Waals surface area contributed by atoms with Crippen molar-refractivity contribution in [2.45, 2.75) is 51.6 Å². The fourth-order valence-electron chi connectivity index (χ4n) is 5.51. The van der Waals surface area contributed by atoms with Crippen molar-refractivity contribution in [1.82, 2.24) is 0 Å². The Morgan fingerprint density at radius 3 is 2.26 bits per heavy atom. The maximum Gasteiger partial charge on any atom is 0.126 e. The quantitative estimate of drug-likeness (QED) is 0.211. The standard InChI is InChI=1S/C35H35FO2/c1-24(2)21-25(3)38-31-16-11-28(12-17-31)35-33(27-9-14-30(36)15-10-27)19-13-29-22-32(18-20-34(29)35)37-23-26-7-5-4-6-8-26/h4-12,14-18,20,22,24,33,35H,3,13,19,21,23H2,1-2H3/t33-,35+/m1/s1. The van der Waals surface area contributed by atoms with Crippen LogP contribution < -0.4 is 9.47 Å². The number of rotatable bonds is 9. The molecule has 0 radical (unpaired) electrons. The average Bonchev–Trinajstić information content (AvgIpc) is 2.92. The van der Waals surface area contributed by atoms with E-state index in [0.29, 0.717) is 12.5 Å². The van der Waals surface area contributed by atoms with Gasteiger partial charge in [-0.3, -0.25) is 0 Å². The summed E-state index contributed by atoms with van der Waals surface area (Å²) in [5.41, 5.74) is 6.15. The van der Waals surface area contributed by atoms with Gasteiger partial charge >= 0.3 is 0 Å². The molecule has 2 atom stereocenters. The number of aryl methyl sites for hydroxylation is 1. The molecule has 3 heteroatoms. The smallest absolute Gasteiger partial charge is 0.126 e. The van der Waals surface area contributed by atoms with E-state index in [1.54, 1.807) is 12.1 Å². The number of hydrogen-bond acceptors (Lipinski definition) is 2. The van der Waals surface area contributed by atoms with E-state index in [2.05, 4.69) is 62.9 Å². The molecule has 4 aromatic rings. The molecule has 4 aromatic carbocycles. The van der Waals surface area contributed by atoms with Crippen LogP contribution in [0, 0.1) is 11.7 Å². The normalized spacial score (nSPS) is 16.6. The fraction of sp³-hybridized carbons (Fsp3) is 0.257. The van der Waals surface area contributed by atoms with Crippen molar-refractivity contribution in [3.05, 3.63) is 143 Å². The van der Waals surface area contributed by atoms with Gasteiger partial charge in [-0.1, -0.05) is 81.1 Å². The highest BCUT2D eigenvalue weighted by molar-refractivity contribution is 5.48. The Bertz CT molecular complexity index is 1360. The third kappa shape index (κ3) is 6.16. The van der Waals surface area contributed by atoms with E-state index in [1.165, 1.54) is 16.7 Å². The van der Waals surface area contributed by atoms with Crippen LogP contribution in [-0.2, 0) is 13.0 Å². The molecule has 0 bridgehead atoms. The Morgan fingerprint density at radius 1 is 0.868 bits per heavy atom. The first-order chi connectivity index (χ1) is 18.5. The van der Waals surface area contributed by atoms with Crippen LogP contribution >= 0.6 is 0 Å². The number of hydrogen-bond donors (Lipinski definition) is 0. The number of fused-ring (bicyclic) bond motifs is 1. The van der Waals surface area contributed by atoms with Crippen LogP contribution in [0.25, 0.3) is 0 Å². The molecule has 0 spiro atoms. The third-order valence-corrected chi connectivity index (χ3v) is 7.26. The minimum Gasteiger partial charge on any atom is -0.489 e. The summed E-state index contributed by atoms with van der Waals surface area (Å²) < 4.78 is 25.9. The Morgan fingerprint density at radius 2 is 1.55 bits per heavy atom. The summed E-state index contributed by atoms with van der Waals surface area (Å²) in [5.74, 6) is 3.17. The van der Waals surface area contributed by atoms with E-state index in [9.17, 15) is 4.39 Å². The average molecular weight is 507 g/mol. The molecule has 0 unspecified atom stereocenters. The predicted molar refractivity (Wildman–Crippen MR) is 152 cm³/mol. The van der Waals surface area contributed by atoms with Crippen LogP contribution in [0.2, 0.25) is 0 Å². The number of allylic oxidation sites excluding steroid dienone is 1. The number of halogens is 1. The van der Waals surface area contributed by atoms with Gasteiger partial charge in [-0.05, 0) is 88.9 Å². The highest BCUT2D eigenvalue weighted by atomic mass is 19.1. The van der Waals surface area contributed by atoms with Gasteiger partial charge in [-0.25, -0.2) is 4.39 Å². The molecule has 194 valence electrons. The molecule has 2 nitrogen and oxygen atoms in total. The predicted octanol–water partition coefficient (Wildman–Crippen LogP) is 9.21. The Labute approximate surface area is 225 Å². The maximum atomic E-state index is 13.7. The van der Waals surface area contributed by atoms with Gasteiger partial charge < -0.3 is 9.47 Å². The molecule has 38 heavy (non-hydrogen) atoms. The summed E-state index contributed by atoms with van der Waals surface area (Å²) in [7, 11) is 0. The molecular formula is C35H35FO2. The van der Waals surface area contributed by atoms with Gasteiger partial charge in [0.15, 0.2) is 0 Å². The first kappa shape index (κ1) is 25.8. The van der Waals surface area contributed by atoms with Crippen LogP contribution in [0.1, 0.15) is 66.3 Å². The zero-order valence-corrected chi connectivity index (χ0v) is 22.2. The molecular weight excluding hydrogens is 471 g/mol. The van der Waals surface area contributed by atoms with Crippen molar-refractivity contribution >= 4 is 0 Å². The Kier molecular flexibility index (Phi) is 7.93. The molecule has 0 saturated carbocycles. The molecule has 0 amide bonds. The molecule has 1 aliphatic rings. The van der Waals surface area contributed by atoms with Crippen LogP contribution in [0.5, 0.6) is 11.5 Å². The van der Waals surface area contributed by atoms with Crippen molar-refractivity contribution in [3.8, 4) is 11.5 Å². The molecule has 1 aliphatic carbocycles. The Hall–Kier alpha value is -3.85. The van der Waals surface area contributed by atoms with Crippen molar-refractivity contribution in [2.75, 3.05) is 0 Å². The van der Waals surface area contributed by atoms with Gasteiger partial charge in [0.05, 0.1) is 5.76 Å². The van der Waals surface area contributed by atoms with Gasteiger partial charge in [0.1, 0.15) is 23.9 Å². The van der Waals surface area contributed by atoms with Crippen LogP contribution in [-0.4, -0.2) is 0 Å². The molecule has 0 heterocycles. The minimum atomic E-state index is -0.204. The van der Waals surface area contributed by atoms with E-state index in [-0.39, 0.29) is 17.7 Å². The van der Waals surface area contributed by atoms with E-state index in [4.69, 9.17) is 9.47 Å². The second kappa shape index (κ2) is 11.7. The third-order valence-electron chi connectivity index (χ3n) is 7.26. The second-order valence-corrected chi connectivity index (χ2v) is 10.6. The summed E-state index contributed by atoms with van der Waals surface area (Å²) in [6.07, 6.45) is 2.76. The van der Waals surface area contributed by atoms with E-state index < -0.39 is 0 Å². The molecule has 0 fully saturated rings. The molecule has 0 saturated heterocycles. The van der Waals surface area contributed by atoms with Crippen molar-refractivity contribution < 1.29 is 13.9 Å². The topological polar surface area (TPSA) is 18.5 Å². The summed E-state index contributed by atoms with van der Waals surface area (Å²) in [5, 5.41) is 0. The van der Waals surface area contributed by atoms with Gasteiger partial charge in [0, 0.05) is 12.3 Å². The van der Waals surface area contributed by atoms with E-state index in [1.807, 2.05) is 42.5 Å². The van der Waals surface area contributed by atoms with Crippen molar-refractivity contribution in [2.24, 2.45) is 5.92 Å². The second-order valence-electron chi connectivity index (χ2n) is 10.6. The highest BCUT2D eigenvalue weighted by Crippen LogP contribution is 2.47. The SMILES string of the molecule is C=C(CC(C)C)Oc1ccc([C@@H]2c3ccc(OCc4ccccc4)cc3CC[C@@H]2c2ccc(F)cc2)cc1. The lowest BCUT2D eigenvalue weighted by Gasteiger charge is -2.35. The molecule has 0 N–H and O–H groups in total. The largest absolute Gasteiger partial charge is 0.489 e. The molecule has 0 aliphatic heterocycles. The fourth-order valence-corrected chi connectivity index (χ4v) is 5.51. The summed E-state index contributed by atoms with van der Waals surface area (Å²) >= 11 is 0. The van der Waals surface area contributed by atoms with Gasteiger partial charge in [0.25, 0.3) is 0 Å². The highest BCUT2D eigenvalue weighted by Gasteiger charge is 2.32. The zero-order chi connectivity index (χ0) is 26.5. The number of benzene rings is 4. The molecule has 0 aromatic heterocycles. The van der Waals surface area contributed by atoms with E-state index >= 15 is 0 Å². The van der Waals surface area contributed by atoms with Crippen LogP contribution in [0.3, 0.4) is 0 Å². The summed E-state index contributed by atoms with van der Waals surface area (Å²) in [4.78, 5) is 0. The van der Waals surface area contributed by atoms with Crippen LogP contribution in [0.15, 0.2) is 109 Å². The van der Waals surface area contributed by atoms with Crippen LogP contribution in [0.4, 0.5) is 4.39 Å². The van der Waals surface area contributed by atoms with Gasteiger partial charge in [0.2, 0.25) is 0 Å². The van der Waals surface area contributed by atoms with E-state index in [0.717, 1.165) is 47.6 Å². The zero-order valence-electron chi connectivity index (χ0n) is 22.2. The first-order valence-corrected chi connectivity index (χ1v) is 13.5. The molecule has 5 rings (SSSR count). The lowest BCUT2D eigenvalue weighted by molar-refractivity contribution is 0.305. The monoisotopic (exact) mass is 506 g/mol. The summed E-state index contributed by atoms with van der Waals surface area (Å²) in [6, 6.07) is 32.1. The lowest BCUT2D eigenvalue weighted by atomic mass is 9.69. The van der Waals surface area contributed by atoms with Crippen molar-refractivity contribution in [3.63, 3.8) is 0 Å². The minimum absolute atomic E-state index is 0.153. The lowest BCUT2D eigenvalue weighted by Crippen LogP contribution is -2.20. The van der Waals surface area contributed by atoms with Crippen molar-refractivity contribution in [1.29, 1.82) is 0 Å².